The molecule has 1 aromatic heterocycles. The molecule has 4 rings (SSSR count). The standard InChI is InChI=1S/C15H18N4/c1-2-6-13-12(5-1)15(8-17-18-13)19-9-11-4-3-7-16-14(11)10-19/h1-2,5-6,8,11,14,16H,3-4,7,9-10H2/t11-,14+/m0/s1. The predicted molar refractivity (Wildman–Crippen MR) is 76.3 cm³/mol. The van der Waals surface area contributed by atoms with Gasteiger partial charge in [0.25, 0.3) is 0 Å². The summed E-state index contributed by atoms with van der Waals surface area (Å²) in [5.41, 5.74) is 2.23. The van der Waals surface area contributed by atoms with Gasteiger partial charge in [0.2, 0.25) is 0 Å². The fraction of sp³-hybridized carbons (Fsp3) is 0.467. The molecule has 2 atom stereocenters. The molecule has 2 aromatic rings. The van der Waals surface area contributed by atoms with Crippen molar-refractivity contribution in [3.63, 3.8) is 0 Å². The van der Waals surface area contributed by atoms with Crippen LogP contribution in [-0.2, 0) is 0 Å². The summed E-state index contributed by atoms with van der Waals surface area (Å²) < 4.78 is 0. The van der Waals surface area contributed by atoms with E-state index in [1.54, 1.807) is 0 Å². The van der Waals surface area contributed by atoms with Gasteiger partial charge in [-0.3, -0.25) is 0 Å². The molecule has 98 valence electrons. The zero-order chi connectivity index (χ0) is 12.7. The quantitative estimate of drug-likeness (QED) is 0.843. The Kier molecular flexibility index (Phi) is 2.62. The fourth-order valence-electron chi connectivity index (χ4n) is 3.49. The summed E-state index contributed by atoms with van der Waals surface area (Å²) in [6.07, 6.45) is 4.58. The predicted octanol–water partition coefficient (Wildman–Crippen LogP) is 1.82. The summed E-state index contributed by atoms with van der Waals surface area (Å²) in [6.45, 7) is 3.41. The molecule has 0 unspecified atom stereocenters. The highest BCUT2D eigenvalue weighted by atomic mass is 15.2. The third kappa shape index (κ3) is 1.87. The maximum atomic E-state index is 4.21. The highest BCUT2D eigenvalue weighted by Gasteiger charge is 2.34. The molecule has 0 aliphatic carbocycles. The summed E-state index contributed by atoms with van der Waals surface area (Å²) in [5.74, 6) is 0.792. The first-order valence-electron chi connectivity index (χ1n) is 7.10. The van der Waals surface area contributed by atoms with Crippen LogP contribution in [0.1, 0.15) is 12.8 Å². The number of hydrogen-bond acceptors (Lipinski definition) is 4. The Hall–Kier alpha value is -1.68. The van der Waals surface area contributed by atoms with Gasteiger partial charge in [0.05, 0.1) is 17.4 Å². The fourth-order valence-corrected chi connectivity index (χ4v) is 3.49. The lowest BCUT2D eigenvalue weighted by atomic mass is 9.94. The minimum atomic E-state index is 0.653. The first kappa shape index (κ1) is 11.2. The minimum Gasteiger partial charge on any atom is -0.368 e. The molecule has 2 fully saturated rings. The van der Waals surface area contributed by atoms with Gasteiger partial charge >= 0.3 is 0 Å². The van der Waals surface area contributed by atoms with Crippen LogP contribution in [0.2, 0.25) is 0 Å². The van der Waals surface area contributed by atoms with E-state index < -0.39 is 0 Å². The Morgan fingerprint density at radius 2 is 2.16 bits per heavy atom. The Bertz CT molecular complexity index is 578. The van der Waals surface area contributed by atoms with Gasteiger partial charge in [-0.05, 0) is 31.4 Å². The number of rotatable bonds is 1. The Labute approximate surface area is 112 Å². The zero-order valence-electron chi connectivity index (χ0n) is 10.9. The first-order chi connectivity index (χ1) is 9.42. The van der Waals surface area contributed by atoms with E-state index in [-0.39, 0.29) is 0 Å². The smallest absolute Gasteiger partial charge is 0.0950 e. The van der Waals surface area contributed by atoms with Crippen LogP contribution in [-0.4, -0.2) is 35.9 Å². The van der Waals surface area contributed by atoms with E-state index in [4.69, 9.17) is 0 Å². The summed E-state index contributed by atoms with van der Waals surface area (Å²) in [4.78, 5) is 2.48. The largest absolute Gasteiger partial charge is 0.368 e. The average Bonchev–Trinajstić information content (AvgIpc) is 2.90. The number of nitrogens with zero attached hydrogens (tertiary/aromatic N) is 3. The molecule has 4 heteroatoms. The lowest BCUT2D eigenvalue weighted by Crippen LogP contribution is -2.40. The van der Waals surface area contributed by atoms with Crippen molar-refractivity contribution in [2.24, 2.45) is 5.92 Å². The number of nitrogens with one attached hydrogen (secondary N) is 1. The maximum absolute atomic E-state index is 4.21. The van der Waals surface area contributed by atoms with Crippen molar-refractivity contribution in [3.05, 3.63) is 30.5 Å². The highest BCUT2D eigenvalue weighted by Crippen LogP contribution is 2.32. The van der Waals surface area contributed by atoms with Gasteiger partial charge in [-0.25, -0.2) is 0 Å². The summed E-state index contributed by atoms with van der Waals surface area (Å²) >= 11 is 0. The van der Waals surface area contributed by atoms with Crippen molar-refractivity contribution in [3.8, 4) is 0 Å². The monoisotopic (exact) mass is 254 g/mol. The Morgan fingerprint density at radius 3 is 3.11 bits per heavy atom. The van der Waals surface area contributed by atoms with E-state index in [0.29, 0.717) is 6.04 Å². The van der Waals surface area contributed by atoms with Crippen molar-refractivity contribution in [2.75, 3.05) is 24.5 Å². The number of hydrogen-bond donors (Lipinski definition) is 1. The molecule has 19 heavy (non-hydrogen) atoms. The van der Waals surface area contributed by atoms with E-state index in [9.17, 15) is 0 Å². The minimum absolute atomic E-state index is 0.653. The molecule has 4 nitrogen and oxygen atoms in total. The number of piperidine rings is 1. The summed E-state index contributed by atoms with van der Waals surface area (Å²) in [6, 6.07) is 8.93. The van der Waals surface area contributed by atoms with Crippen LogP contribution in [0.5, 0.6) is 0 Å². The summed E-state index contributed by atoms with van der Waals surface area (Å²) in [7, 11) is 0. The summed E-state index contributed by atoms with van der Waals surface area (Å²) in [5, 5.41) is 13.2. The second-order valence-electron chi connectivity index (χ2n) is 5.61. The number of anilines is 1. The van der Waals surface area contributed by atoms with Crippen LogP contribution in [0.15, 0.2) is 30.5 Å². The molecule has 0 spiro atoms. The molecule has 1 N–H and O–H groups in total. The third-order valence-corrected chi connectivity index (χ3v) is 4.47. The number of fused-ring (bicyclic) bond motifs is 2. The molecule has 2 saturated heterocycles. The van der Waals surface area contributed by atoms with Crippen LogP contribution in [0.4, 0.5) is 5.69 Å². The van der Waals surface area contributed by atoms with Crippen LogP contribution in [0.25, 0.3) is 10.9 Å². The van der Waals surface area contributed by atoms with Crippen molar-refractivity contribution in [1.82, 2.24) is 15.5 Å². The van der Waals surface area contributed by atoms with Gasteiger partial charge < -0.3 is 10.2 Å². The molecule has 1 aromatic carbocycles. The topological polar surface area (TPSA) is 41.0 Å². The normalized spacial score (nSPS) is 26.6. The maximum Gasteiger partial charge on any atom is 0.0950 e. The number of benzene rings is 1. The molecule has 3 heterocycles. The second kappa shape index (κ2) is 4.46. The zero-order valence-corrected chi connectivity index (χ0v) is 10.9. The lowest BCUT2D eigenvalue weighted by molar-refractivity contribution is 0.340. The van der Waals surface area contributed by atoms with Gasteiger partial charge in [-0.1, -0.05) is 18.2 Å². The molecule has 0 saturated carbocycles. The van der Waals surface area contributed by atoms with Gasteiger partial charge in [0, 0.05) is 24.5 Å². The molecule has 0 amide bonds. The van der Waals surface area contributed by atoms with Crippen LogP contribution < -0.4 is 10.2 Å². The first-order valence-corrected chi connectivity index (χ1v) is 7.10. The molecular formula is C15H18N4. The molecule has 0 bridgehead atoms. The molecule has 2 aliphatic heterocycles. The van der Waals surface area contributed by atoms with Crippen molar-refractivity contribution < 1.29 is 0 Å². The van der Waals surface area contributed by atoms with E-state index >= 15 is 0 Å². The van der Waals surface area contributed by atoms with E-state index in [0.717, 1.165) is 24.5 Å². The molecule has 2 aliphatic rings. The van der Waals surface area contributed by atoms with Gasteiger partial charge in [0.1, 0.15) is 0 Å². The SMILES string of the molecule is c1ccc2c(N3C[C@@H]4CCCN[C@@H]4C3)cnnc2c1. The van der Waals surface area contributed by atoms with E-state index in [2.05, 4.69) is 32.5 Å². The van der Waals surface area contributed by atoms with Gasteiger partial charge in [0.15, 0.2) is 0 Å². The Morgan fingerprint density at radius 1 is 1.21 bits per heavy atom. The van der Waals surface area contributed by atoms with Crippen LogP contribution >= 0.6 is 0 Å². The van der Waals surface area contributed by atoms with Crippen LogP contribution in [0, 0.1) is 5.92 Å². The van der Waals surface area contributed by atoms with Gasteiger partial charge in [-0.2, -0.15) is 10.2 Å². The number of aromatic nitrogens is 2. The van der Waals surface area contributed by atoms with Crippen molar-refractivity contribution in [1.29, 1.82) is 0 Å². The van der Waals surface area contributed by atoms with E-state index in [1.807, 2.05) is 18.3 Å². The third-order valence-electron chi connectivity index (χ3n) is 4.47. The van der Waals surface area contributed by atoms with Gasteiger partial charge in [-0.15, -0.1) is 0 Å². The van der Waals surface area contributed by atoms with Crippen molar-refractivity contribution in [2.45, 2.75) is 18.9 Å². The Balaban J connectivity index is 1.71. The average molecular weight is 254 g/mol. The van der Waals surface area contributed by atoms with Crippen molar-refractivity contribution >= 4 is 16.6 Å². The second-order valence-corrected chi connectivity index (χ2v) is 5.61. The molecular weight excluding hydrogens is 236 g/mol. The lowest BCUT2D eigenvalue weighted by Gasteiger charge is -2.24. The molecule has 0 radical (unpaired) electrons. The highest BCUT2D eigenvalue weighted by molar-refractivity contribution is 5.90. The van der Waals surface area contributed by atoms with Crippen LogP contribution in [0.3, 0.4) is 0 Å². The van der Waals surface area contributed by atoms with E-state index in [1.165, 1.54) is 30.5 Å².